The summed E-state index contributed by atoms with van der Waals surface area (Å²) in [6, 6.07) is 24.8. The van der Waals surface area contributed by atoms with E-state index in [4.69, 9.17) is 11.6 Å². The minimum Gasteiger partial charge on any atom is -0.357 e. The molecule has 1 N–H and O–H groups in total. The van der Waals surface area contributed by atoms with Gasteiger partial charge in [-0.05, 0) is 41.3 Å². The SMILES string of the molecule is CNC(=O)[C@@H](Cc1ccccc1)N(Cc1cccc(Cl)c1)C(=O)CSCc1ccccc1C. The van der Waals surface area contributed by atoms with Gasteiger partial charge in [0.25, 0.3) is 0 Å². The first-order valence-electron chi connectivity index (χ1n) is 10.9. The second-order valence-electron chi connectivity index (χ2n) is 7.89. The van der Waals surface area contributed by atoms with Crippen molar-refractivity contribution in [3.05, 3.63) is 106 Å². The number of hydrogen-bond donors (Lipinski definition) is 1. The first-order valence-corrected chi connectivity index (χ1v) is 12.4. The Labute approximate surface area is 205 Å². The molecule has 0 spiro atoms. The number of carbonyl (C=O) groups is 2. The third-order valence-corrected chi connectivity index (χ3v) is 6.71. The van der Waals surface area contributed by atoms with E-state index in [9.17, 15) is 9.59 Å². The molecule has 4 nitrogen and oxygen atoms in total. The van der Waals surface area contributed by atoms with Crippen molar-refractivity contribution in [2.24, 2.45) is 0 Å². The summed E-state index contributed by atoms with van der Waals surface area (Å²) in [5, 5.41) is 3.35. The van der Waals surface area contributed by atoms with Crippen molar-refractivity contribution in [2.75, 3.05) is 12.8 Å². The van der Waals surface area contributed by atoms with Gasteiger partial charge < -0.3 is 10.2 Å². The number of rotatable bonds is 10. The first kappa shape index (κ1) is 24.9. The number of aryl methyl sites for hydroxylation is 1. The van der Waals surface area contributed by atoms with Gasteiger partial charge in [0, 0.05) is 30.8 Å². The summed E-state index contributed by atoms with van der Waals surface area (Å²) in [7, 11) is 1.61. The fourth-order valence-electron chi connectivity index (χ4n) is 3.66. The zero-order valence-corrected chi connectivity index (χ0v) is 20.5. The lowest BCUT2D eigenvalue weighted by Gasteiger charge is -2.31. The van der Waals surface area contributed by atoms with Gasteiger partial charge in [-0.2, -0.15) is 0 Å². The normalized spacial score (nSPS) is 11.6. The molecule has 0 fully saturated rings. The van der Waals surface area contributed by atoms with E-state index in [1.807, 2.05) is 60.7 Å². The summed E-state index contributed by atoms with van der Waals surface area (Å²) in [6.07, 6.45) is 0.440. The molecule has 0 aliphatic carbocycles. The molecule has 2 amide bonds. The van der Waals surface area contributed by atoms with Crippen LogP contribution in [0.3, 0.4) is 0 Å². The third-order valence-electron chi connectivity index (χ3n) is 5.50. The highest BCUT2D eigenvalue weighted by Gasteiger charge is 2.29. The number of likely N-dealkylation sites (N-methyl/N-ethyl adjacent to an activating group) is 1. The van der Waals surface area contributed by atoms with Gasteiger partial charge in [-0.15, -0.1) is 11.8 Å². The van der Waals surface area contributed by atoms with Crippen molar-refractivity contribution >= 4 is 35.2 Å². The fourth-order valence-corrected chi connectivity index (χ4v) is 4.86. The molecule has 6 heteroatoms. The van der Waals surface area contributed by atoms with Crippen LogP contribution in [0.25, 0.3) is 0 Å². The molecular weight excluding hydrogens is 452 g/mol. The Kier molecular flexibility index (Phi) is 9.40. The van der Waals surface area contributed by atoms with Gasteiger partial charge in [-0.3, -0.25) is 9.59 Å². The molecule has 0 saturated carbocycles. The number of halogens is 1. The molecule has 172 valence electrons. The quantitative estimate of drug-likeness (QED) is 0.430. The Balaban J connectivity index is 1.81. The van der Waals surface area contributed by atoms with E-state index in [2.05, 4.69) is 24.4 Å². The summed E-state index contributed by atoms with van der Waals surface area (Å²) in [6.45, 7) is 2.39. The van der Waals surface area contributed by atoms with E-state index in [1.54, 1.807) is 29.8 Å². The van der Waals surface area contributed by atoms with Gasteiger partial charge in [-0.25, -0.2) is 0 Å². The van der Waals surface area contributed by atoms with Gasteiger partial charge in [-0.1, -0.05) is 78.3 Å². The average molecular weight is 481 g/mol. The number of benzene rings is 3. The predicted molar refractivity (Wildman–Crippen MR) is 137 cm³/mol. The molecule has 0 heterocycles. The highest BCUT2D eigenvalue weighted by atomic mass is 35.5. The number of nitrogens with zero attached hydrogens (tertiary/aromatic N) is 1. The predicted octanol–water partition coefficient (Wildman–Crippen LogP) is 5.27. The second-order valence-corrected chi connectivity index (χ2v) is 9.31. The van der Waals surface area contributed by atoms with Crippen molar-refractivity contribution in [1.29, 1.82) is 0 Å². The molecule has 0 aromatic heterocycles. The molecule has 0 radical (unpaired) electrons. The van der Waals surface area contributed by atoms with Crippen molar-refractivity contribution in [1.82, 2.24) is 10.2 Å². The van der Waals surface area contributed by atoms with Gasteiger partial charge in [0.05, 0.1) is 5.75 Å². The number of carbonyl (C=O) groups excluding carboxylic acids is 2. The van der Waals surface area contributed by atoms with E-state index >= 15 is 0 Å². The molecule has 0 aliphatic rings. The lowest BCUT2D eigenvalue weighted by molar-refractivity contribution is -0.139. The third kappa shape index (κ3) is 7.37. The van der Waals surface area contributed by atoms with Crippen LogP contribution in [0.1, 0.15) is 22.3 Å². The summed E-state index contributed by atoms with van der Waals surface area (Å²) in [4.78, 5) is 28.1. The van der Waals surface area contributed by atoms with Crippen molar-refractivity contribution in [3.63, 3.8) is 0 Å². The maximum atomic E-state index is 13.5. The Morgan fingerprint density at radius 2 is 1.67 bits per heavy atom. The molecule has 3 aromatic carbocycles. The molecule has 3 rings (SSSR count). The number of amides is 2. The molecule has 33 heavy (non-hydrogen) atoms. The summed E-state index contributed by atoms with van der Waals surface area (Å²) in [5.41, 5.74) is 4.31. The highest BCUT2D eigenvalue weighted by molar-refractivity contribution is 7.99. The number of thioether (sulfide) groups is 1. The first-order chi connectivity index (χ1) is 16.0. The summed E-state index contributed by atoms with van der Waals surface area (Å²) >= 11 is 7.75. The van der Waals surface area contributed by atoms with Crippen LogP contribution in [0.2, 0.25) is 5.02 Å². The van der Waals surface area contributed by atoms with E-state index in [0.29, 0.717) is 18.0 Å². The average Bonchev–Trinajstić information content (AvgIpc) is 2.82. The minimum atomic E-state index is -0.622. The molecular formula is C27H29ClN2O2S. The molecule has 1 atom stereocenters. The van der Waals surface area contributed by atoms with Gasteiger partial charge in [0.15, 0.2) is 0 Å². The van der Waals surface area contributed by atoms with Gasteiger partial charge in [0.2, 0.25) is 11.8 Å². The van der Waals surface area contributed by atoms with Crippen LogP contribution in [-0.2, 0) is 28.3 Å². The van der Waals surface area contributed by atoms with Crippen molar-refractivity contribution < 1.29 is 9.59 Å². The summed E-state index contributed by atoms with van der Waals surface area (Å²) in [5.74, 6) is 0.778. The Morgan fingerprint density at radius 1 is 0.970 bits per heavy atom. The monoisotopic (exact) mass is 480 g/mol. The smallest absolute Gasteiger partial charge is 0.242 e. The molecule has 0 unspecified atom stereocenters. The van der Waals surface area contributed by atoms with Crippen molar-refractivity contribution in [3.8, 4) is 0 Å². The maximum absolute atomic E-state index is 13.5. The fraction of sp³-hybridized carbons (Fsp3) is 0.259. The van der Waals surface area contributed by atoms with E-state index in [-0.39, 0.29) is 17.6 Å². The lowest BCUT2D eigenvalue weighted by Crippen LogP contribution is -2.50. The highest BCUT2D eigenvalue weighted by Crippen LogP contribution is 2.21. The molecule has 0 bridgehead atoms. The molecule has 0 aliphatic heterocycles. The van der Waals surface area contributed by atoms with E-state index < -0.39 is 6.04 Å². The largest absolute Gasteiger partial charge is 0.357 e. The Bertz CT molecular complexity index is 1070. The van der Waals surface area contributed by atoms with E-state index in [0.717, 1.165) is 16.9 Å². The van der Waals surface area contributed by atoms with Crippen LogP contribution >= 0.6 is 23.4 Å². The molecule has 0 saturated heterocycles. The van der Waals surface area contributed by atoms with Crippen LogP contribution in [-0.4, -0.2) is 35.6 Å². The zero-order chi connectivity index (χ0) is 23.6. The van der Waals surface area contributed by atoms with Crippen LogP contribution in [0.4, 0.5) is 0 Å². The lowest BCUT2D eigenvalue weighted by atomic mass is 10.0. The standard InChI is InChI=1S/C27H29ClN2O2S/c1-20-9-6-7-13-23(20)18-33-19-26(31)30(17-22-12-8-14-24(28)15-22)25(27(32)29-2)16-21-10-4-3-5-11-21/h3-15,25H,16-19H2,1-2H3,(H,29,32)/t25-/m1/s1. The number of nitrogens with one attached hydrogen (secondary N) is 1. The zero-order valence-electron chi connectivity index (χ0n) is 19.0. The topological polar surface area (TPSA) is 49.4 Å². The van der Waals surface area contributed by atoms with E-state index in [1.165, 1.54) is 11.1 Å². The molecule has 3 aromatic rings. The van der Waals surface area contributed by atoms with Crippen LogP contribution in [0, 0.1) is 6.92 Å². The Hall–Kier alpha value is -2.76. The second kappa shape index (κ2) is 12.5. The van der Waals surface area contributed by atoms with Crippen LogP contribution in [0.5, 0.6) is 0 Å². The maximum Gasteiger partial charge on any atom is 0.242 e. The van der Waals surface area contributed by atoms with Gasteiger partial charge >= 0.3 is 0 Å². The number of hydrogen-bond acceptors (Lipinski definition) is 3. The minimum absolute atomic E-state index is 0.0712. The van der Waals surface area contributed by atoms with Gasteiger partial charge in [0.1, 0.15) is 6.04 Å². The summed E-state index contributed by atoms with van der Waals surface area (Å²) < 4.78 is 0. The Morgan fingerprint density at radius 3 is 2.36 bits per heavy atom. The van der Waals surface area contributed by atoms with Crippen LogP contribution in [0.15, 0.2) is 78.9 Å². The van der Waals surface area contributed by atoms with Crippen molar-refractivity contribution in [2.45, 2.75) is 31.7 Å². The van der Waals surface area contributed by atoms with Crippen LogP contribution < -0.4 is 5.32 Å².